The summed E-state index contributed by atoms with van der Waals surface area (Å²) in [7, 11) is 0. The molecule has 1 heterocycles. The number of hydrogen-bond donors (Lipinski definition) is 3. The summed E-state index contributed by atoms with van der Waals surface area (Å²) in [4.78, 5) is 25.2. The van der Waals surface area contributed by atoms with Crippen molar-refractivity contribution in [3.05, 3.63) is 35.4 Å². The van der Waals surface area contributed by atoms with Crippen LogP contribution in [0.25, 0.3) is 0 Å². The molecule has 0 aromatic heterocycles. The predicted molar refractivity (Wildman–Crippen MR) is 79.7 cm³/mol. The third-order valence-electron chi connectivity index (χ3n) is 4.17. The number of benzene rings is 1. The Morgan fingerprint density at radius 1 is 1.33 bits per heavy atom. The number of amides is 2. The van der Waals surface area contributed by atoms with Gasteiger partial charge in [-0.05, 0) is 31.0 Å². The quantitative estimate of drug-likeness (QED) is 0.401. The van der Waals surface area contributed by atoms with Gasteiger partial charge in [0, 0.05) is 13.1 Å². The van der Waals surface area contributed by atoms with Gasteiger partial charge in [0.25, 0.3) is 0 Å². The average Bonchev–Trinajstić information content (AvgIpc) is 2.84. The van der Waals surface area contributed by atoms with E-state index >= 15 is 0 Å². The molecule has 1 atom stereocenters. The summed E-state index contributed by atoms with van der Waals surface area (Å²) < 4.78 is 0. The van der Waals surface area contributed by atoms with E-state index in [9.17, 15) is 9.59 Å². The smallest absolute Gasteiger partial charge is 0.238 e. The molecule has 0 bridgehead atoms. The number of primary amides is 1. The maximum atomic E-state index is 11.5. The van der Waals surface area contributed by atoms with Crippen molar-refractivity contribution >= 4 is 11.8 Å². The summed E-state index contributed by atoms with van der Waals surface area (Å²) in [5, 5.41) is 0. The molecule has 0 spiro atoms. The molecule has 1 unspecified atom stereocenters. The fraction of sp³-hybridized carbons (Fsp3) is 0.467. The van der Waals surface area contributed by atoms with Gasteiger partial charge in [0.2, 0.25) is 11.8 Å². The SMILES string of the molecule is CC1(C(N)=O)CCN(Cc2ccccc2CC(=O)NN)C1. The molecule has 21 heavy (non-hydrogen) atoms. The van der Waals surface area contributed by atoms with Crippen molar-refractivity contribution < 1.29 is 9.59 Å². The Morgan fingerprint density at radius 2 is 2.00 bits per heavy atom. The summed E-state index contributed by atoms with van der Waals surface area (Å²) in [6.45, 7) is 4.09. The van der Waals surface area contributed by atoms with Crippen LogP contribution in [0, 0.1) is 5.41 Å². The third-order valence-corrected chi connectivity index (χ3v) is 4.17. The lowest BCUT2D eigenvalue weighted by Crippen LogP contribution is -2.37. The van der Waals surface area contributed by atoms with Crippen LogP contribution in [0.3, 0.4) is 0 Å². The number of rotatable bonds is 5. The molecule has 0 saturated carbocycles. The highest BCUT2D eigenvalue weighted by atomic mass is 16.2. The minimum Gasteiger partial charge on any atom is -0.369 e. The second-order valence-corrected chi connectivity index (χ2v) is 5.90. The lowest BCUT2D eigenvalue weighted by atomic mass is 9.89. The third kappa shape index (κ3) is 3.59. The van der Waals surface area contributed by atoms with E-state index in [1.807, 2.05) is 31.2 Å². The van der Waals surface area contributed by atoms with Gasteiger partial charge in [-0.25, -0.2) is 5.84 Å². The fourth-order valence-electron chi connectivity index (χ4n) is 2.74. The van der Waals surface area contributed by atoms with Crippen molar-refractivity contribution in [2.75, 3.05) is 13.1 Å². The van der Waals surface area contributed by atoms with Crippen LogP contribution in [0.5, 0.6) is 0 Å². The molecule has 1 aromatic rings. The van der Waals surface area contributed by atoms with Gasteiger partial charge in [0.05, 0.1) is 11.8 Å². The van der Waals surface area contributed by atoms with E-state index in [1.54, 1.807) is 0 Å². The molecular formula is C15H22N4O2. The molecule has 6 nitrogen and oxygen atoms in total. The maximum Gasteiger partial charge on any atom is 0.238 e. The molecule has 1 aromatic carbocycles. The lowest BCUT2D eigenvalue weighted by Gasteiger charge is -2.22. The number of likely N-dealkylation sites (tertiary alicyclic amines) is 1. The monoisotopic (exact) mass is 290 g/mol. The summed E-state index contributed by atoms with van der Waals surface area (Å²) >= 11 is 0. The van der Waals surface area contributed by atoms with E-state index in [0.29, 0.717) is 13.1 Å². The van der Waals surface area contributed by atoms with Crippen molar-refractivity contribution in [3.8, 4) is 0 Å². The zero-order valence-electron chi connectivity index (χ0n) is 12.3. The molecule has 6 heteroatoms. The first-order valence-electron chi connectivity index (χ1n) is 7.03. The number of carbonyl (C=O) groups is 2. The summed E-state index contributed by atoms with van der Waals surface area (Å²) in [6.07, 6.45) is 1.03. The molecule has 1 fully saturated rings. The molecule has 114 valence electrons. The molecular weight excluding hydrogens is 268 g/mol. The van der Waals surface area contributed by atoms with Gasteiger partial charge in [0.1, 0.15) is 0 Å². The molecule has 1 aliphatic heterocycles. The number of hydrazine groups is 1. The van der Waals surface area contributed by atoms with Gasteiger partial charge in [-0.1, -0.05) is 24.3 Å². The normalized spacial score (nSPS) is 22.2. The highest BCUT2D eigenvalue weighted by Crippen LogP contribution is 2.30. The van der Waals surface area contributed by atoms with Gasteiger partial charge < -0.3 is 5.73 Å². The van der Waals surface area contributed by atoms with E-state index in [-0.39, 0.29) is 18.2 Å². The fourth-order valence-corrected chi connectivity index (χ4v) is 2.74. The average molecular weight is 290 g/mol. The molecule has 1 saturated heterocycles. The van der Waals surface area contributed by atoms with E-state index < -0.39 is 5.41 Å². The minimum absolute atomic E-state index is 0.217. The molecule has 5 N–H and O–H groups in total. The Bertz CT molecular complexity index is 546. The summed E-state index contributed by atoms with van der Waals surface area (Å²) in [5.74, 6) is 4.68. The number of nitrogens with one attached hydrogen (secondary N) is 1. The minimum atomic E-state index is -0.455. The highest BCUT2D eigenvalue weighted by molar-refractivity contribution is 5.81. The van der Waals surface area contributed by atoms with Crippen LogP contribution in [-0.4, -0.2) is 29.8 Å². The highest BCUT2D eigenvalue weighted by Gasteiger charge is 2.38. The number of nitrogens with zero attached hydrogens (tertiary/aromatic N) is 1. The van der Waals surface area contributed by atoms with Crippen LogP contribution < -0.4 is 17.0 Å². The van der Waals surface area contributed by atoms with Crippen molar-refractivity contribution in [2.24, 2.45) is 17.0 Å². The lowest BCUT2D eigenvalue weighted by molar-refractivity contribution is -0.126. The van der Waals surface area contributed by atoms with Gasteiger partial charge in [-0.2, -0.15) is 0 Å². The zero-order valence-corrected chi connectivity index (χ0v) is 12.3. The Labute approximate surface area is 124 Å². The first-order valence-corrected chi connectivity index (χ1v) is 7.03. The van der Waals surface area contributed by atoms with E-state index in [1.165, 1.54) is 0 Å². The van der Waals surface area contributed by atoms with Gasteiger partial charge in [-0.15, -0.1) is 0 Å². The number of carbonyl (C=O) groups excluding carboxylic acids is 2. The number of nitrogens with two attached hydrogens (primary N) is 2. The van der Waals surface area contributed by atoms with Crippen LogP contribution in [-0.2, 0) is 22.6 Å². The van der Waals surface area contributed by atoms with E-state index in [4.69, 9.17) is 11.6 Å². The van der Waals surface area contributed by atoms with Gasteiger partial charge in [-0.3, -0.25) is 19.9 Å². The largest absolute Gasteiger partial charge is 0.369 e. The maximum absolute atomic E-state index is 11.5. The second-order valence-electron chi connectivity index (χ2n) is 5.90. The molecule has 0 radical (unpaired) electrons. The Kier molecular flexibility index (Phi) is 4.59. The van der Waals surface area contributed by atoms with Crippen molar-refractivity contribution in [3.63, 3.8) is 0 Å². The van der Waals surface area contributed by atoms with Crippen molar-refractivity contribution in [1.29, 1.82) is 0 Å². The number of hydrogen-bond acceptors (Lipinski definition) is 4. The van der Waals surface area contributed by atoms with Crippen LogP contribution >= 0.6 is 0 Å². The van der Waals surface area contributed by atoms with E-state index in [2.05, 4.69) is 10.3 Å². The van der Waals surface area contributed by atoms with Crippen LogP contribution in [0.2, 0.25) is 0 Å². The standard InChI is InChI=1S/C15H22N4O2/c1-15(14(16)21)6-7-19(10-15)9-12-5-3-2-4-11(12)8-13(20)18-17/h2-5H,6-10,17H2,1H3,(H2,16,21)(H,18,20). The van der Waals surface area contributed by atoms with E-state index in [0.717, 1.165) is 24.1 Å². The Balaban J connectivity index is 2.07. The molecule has 2 amide bonds. The van der Waals surface area contributed by atoms with Gasteiger partial charge >= 0.3 is 0 Å². The van der Waals surface area contributed by atoms with Crippen molar-refractivity contribution in [2.45, 2.75) is 26.3 Å². The van der Waals surface area contributed by atoms with Crippen LogP contribution in [0.15, 0.2) is 24.3 Å². The molecule has 0 aliphatic carbocycles. The Morgan fingerprint density at radius 3 is 2.57 bits per heavy atom. The molecule has 1 aliphatic rings. The predicted octanol–water partition coefficient (Wildman–Crippen LogP) is -0.0837. The second kappa shape index (κ2) is 6.24. The van der Waals surface area contributed by atoms with Crippen LogP contribution in [0.4, 0.5) is 0 Å². The van der Waals surface area contributed by atoms with Gasteiger partial charge in [0.15, 0.2) is 0 Å². The Hall–Kier alpha value is -1.92. The summed E-state index contributed by atoms with van der Waals surface area (Å²) in [6, 6.07) is 7.77. The first-order chi connectivity index (χ1) is 9.94. The first kappa shape index (κ1) is 15.5. The van der Waals surface area contributed by atoms with Crippen molar-refractivity contribution in [1.82, 2.24) is 10.3 Å². The summed E-state index contributed by atoms with van der Waals surface area (Å²) in [5.41, 5.74) is 9.19. The van der Waals surface area contributed by atoms with Crippen LogP contribution in [0.1, 0.15) is 24.5 Å². The zero-order chi connectivity index (χ0) is 15.5. The topological polar surface area (TPSA) is 101 Å². The molecule has 2 rings (SSSR count).